The Morgan fingerprint density at radius 1 is 0.893 bits per heavy atom. The molecule has 3 nitrogen and oxygen atoms in total. The molecule has 0 saturated heterocycles. The van der Waals surface area contributed by atoms with Crippen LogP contribution < -0.4 is 14.8 Å². The SMILES string of the molecule is COc1ccc(CCNCC(C)(C)c2cccc(C(F)(F)F)c2)cc1OC.Cl. The molecule has 0 aliphatic carbocycles. The van der Waals surface area contributed by atoms with E-state index in [1.807, 2.05) is 32.0 Å². The van der Waals surface area contributed by atoms with E-state index in [2.05, 4.69) is 5.32 Å². The van der Waals surface area contributed by atoms with Crippen LogP contribution in [0.4, 0.5) is 13.2 Å². The molecule has 7 heteroatoms. The Kier molecular flexibility index (Phi) is 8.64. The molecule has 0 atom stereocenters. The topological polar surface area (TPSA) is 30.5 Å². The van der Waals surface area contributed by atoms with Crippen molar-refractivity contribution in [3.8, 4) is 11.5 Å². The zero-order valence-electron chi connectivity index (χ0n) is 16.5. The molecule has 2 rings (SSSR count). The lowest BCUT2D eigenvalue weighted by Crippen LogP contribution is -2.34. The van der Waals surface area contributed by atoms with Crippen LogP contribution in [0.2, 0.25) is 0 Å². The number of hydrogen-bond donors (Lipinski definition) is 1. The van der Waals surface area contributed by atoms with Gasteiger partial charge in [-0.2, -0.15) is 13.2 Å². The van der Waals surface area contributed by atoms with Crippen molar-refractivity contribution in [1.29, 1.82) is 0 Å². The van der Waals surface area contributed by atoms with Crippen LogP contribution in [0.25, 0.3) is 0 Å². The Bertz CT molecular complexity index is 764. The zero-order valence-corrected chi connectivity index (χ0v) is 17.3. The Morgan fingerprint density at radius 2 is 1.54 bits per heavy atom. The van der Waals surface area contributed by atoms with E-state index in [1.165, 1.54) is 12.1 Å². The van der Waals surface area contributed by atoms with Crippen molar-refractivity contribution in [2.45, 2.75) is 31.9 Å². The van der Waals surface area contributed by atoms with Crippen molar-refractivity contribution >= 4 is 12.4 Å². The second-order valence-electron chi connectivity index (χ2n) is 7.08. The lowest BCUT2D eigenvalue weighted by atomic mass is 9.83. The van der Waals surface area contributed by atoms with Crippen LogP contribution in [0.3, 0.4) is 0 Å². The minimum Gasteiger partial charge on any atom is -0.493 e. The number of nitrogens with one attached hydrogen (secondary N) is 1. The van der Waals surface area contributed by atoms with Gasteiger partial charge in [-0.1, -0.05) is 38.1 Å². The van der Waals surface area contributed by atoms with Gasteiger partial charge in [0.1, 0.15) is 0 Å². The summed E-state index contributed by atoms with van der Waals surface area (Å²) < 4.78 is 49.3. The third-order valence-corrected chi connectivity index (χ3v) is 4.58. The second kappa shape index (κ2) is 10.0. The average Bonchev–Trinajstić information content (AvgIpc) is 2.64. The number of ether oxygens (including phenoxy) is 2. The van der Waals surface area contributed by atoms with Crippen molar-refractivity contribution in [1.82, 2.24) is 5.32 Å². The second-order valence-corrected chi connectivity index (χ2v) is 7.08. The fourth-order valence-corrected chi connectivity index (χ4v) is 2.89. The predicted molar refractivity (Wildman–Crippen MR) is 108 cm³/mol. The Hall–Kier alpha value is -1.92. The Labute approximate surface area is 170 Å². The number of methoxy groups -OCH3 is 2. The summed E-state index contributed by atoms with van der Waals surface area (Å²) in [6, 6.07) is 11.3. The first-order valence-corrected chi connectivity index (χ1v) is 8.77. The fourth-order valence-electron chi connectivity index (χ4n) is 2.89. The molecule has 0 fully saturated rings. The van der Waals surface area contributed by atoms with Crippen molar-refractivity contribution in [3.63, 3.8) is 0 Å². The molecule has 0 aliphatic heterocycles. The number of hydrogen-bond acceptors (Lipinski definition) is 3. The normalized spacial score (nSPS) is 11.7. The predicted octanol–water partition coefficient (Wildman–Crippen LogP) is 5.25. The van der Waals surface area contributed by atoms with Crippen LogP contribution in [0.5, 0.6) is 11.5 Å². The molecule has 0 spiro atoms. The molecule has 0 saturated carbocycles. The molecule has 0 radical (unpaired) electrons. The van der Waals surface area contributed by atoms with E-state index in [4.69, 9.17) is 9.47 Å². The summed E-state index contributed by atoms with van der Waals surface area (Å²) in [6.45, 7) is 5.15. The maximum absolute atomic E-state index is 12.9. The van der Waals surface area contributed by atoms with Gasteiger partial charge in [-0.3, -0.25) is 0 Å². The van der Waals surface area contributed by atoms with E-state index >= 15 is 0 Å². The van der Waals surface area contributed by atoms with E-state index in [-0.39, 0.29) is 12.4 Å². The zero-order chi connectivity index (χ0) is 20.1. The van der Waals surface area contributed by atoms with Gasteiger partial charge in [0.2, 0.25) is 0 Å². The molecule has 0 aromatic heterocycles. The quantitative estimate of drug-likeness (QED) is 0.595. The van der Waals surface area contributed by atoms with Crippen LogP contribution in [0, 0.1) is 0 Å². The van der Waals surface area contributed by atoms with Crippen LogP contribution in [-0.2, 0) is 18.0 Å². The first-order valence-electron chi connectivity index (χ1n) is 8.77. The lowest BCUT2D eigenvalue weighted by molar-refractivity contribution is -0.137. The Morgan fingerprint density at radius 3 is 2.14 bits per heavy atom. The van der Waals surface area contributed by atoms with Crippen molar-refractivity contribution in [3.05, 3.63) is 59.2 Å². The molecule has 28 heavy (non-hydrogen) atoms. The summed E-state index contributed by atoms with van der Waals surface area (Å²) in [7, 11) is 3.19. The average molecular weight is 418 g/mol. The van der Waals surface area contributed by atoms with Gasteiger partial charge in [0.15, 0.2) is 11.5 Å². The third kappa shape index (κ3) is 6.31. The molecule has 0 bridgehead atoms. The van der Waals surface area contributed by atoms with Crippen LogP contribution in [-0.4, -0.2) is 27.3 Å². The molecule has 0 unspecified atom stereocenters. The van der Waals surface area contributed by atoms with Gasteiger partial charge in [-0.25, -0.2) is 0 Å². The highest BCUT2D eigenvalue weighted by Crippen LogP contribution is 2.32. The van der Waals surface area contributed by atoms with Crippen molar-refractivity contribution < 1.29 is 22.6 Å². The monoisotopic (exact) mass is 417 g/mol. The summed E-state index contributed by atoms with van der Waals surface area (Å²) in [4.78, 5) is 0. The number of rotatable bonds is 8. The first-order chi connectivity index (χ1) is 12.7. The standard InChI is InChI=1S/C21H26F3NO2.ClH/c1-20(2,16-6-5-7-17(13-16)21(22,23)24)14-25-11-10-15-8-9-18(26-3)19(12-15)27-4;/h5-9,12-13,25H,10-11,14H2,1-4H3;1H. The summed E-state index contributed by atoms with van der Waals surface area (Å²) in [5, 5.41) is 3.34. The smallest absolute Gasteiger partial charge is 0.416 e. The summed E-state index contributed by atoms with van der Waals surface area (Å²) >= 11 is 0. The maximum atomic E-state index is 12.9. The highest BCUT2D eigenvalue weighted by Gasteiger charge is 2.32. The highest BCUT2D eigenvalue weighted by atomic mass is 35.5. The largest absolute Gasteiger partial charge is 0.493 e. The van der Waals surface area contributed by atoms with E-state index in [1.54, 1.807) is 20.3 Å². The summed E-state index contributed by atoms with van der Waals surface area (Å²) in [6.07, 6.45) is -3.55. The lowest BCUT2D eigenvalue weighted by Gasteiger charge is -2.26. The van der Waals surface area contributed by atoms with Gasteiger partial charge in [0, 0.05) is 12.0 Å². The van der Waals surface area contributed by atoms with Crippen LogP contribution >= 0.6 is 12.4 Å². The van der Waals surface area contributed by atoms with Gasteiger partial charge in [0.05, 0.1) is 19.8 Å². The van der Waals surface area contributed by atoms with Crippen molar-refractivity contribution in [2.24, 2.45) is 0 Å². The van der Waals surface area contributed by atoms with Gasteiger partial charge in [-0.05, 0) is 42.3 Å². The molecular weight excluding hydrogens is 391 g/mol. The number of alkyl halides is 3. The van der Waals surface area contributed by atoms with E-state index < -0.39 is 17.2 Å². The van der Waals surface area contributed by atoms with E-state index in [0.29, 0.717) is 30.2 Å². The molecule has 1 N–H and O–H groups in total. The molecule has 0 aliphatic rings. The highest BCUT2D eigenvalue weighted by molar-refractivity contribution is 5.85. The molecular formula is C21H27ClF3NO2. The van der Waals surface area contributed by atoms with Gasteiger partial charge < -0.3 is 14.8 Å². The van der Waals surface area contributed by atoms with Gasteiger partial charge in [0.25, 0.3) is 0 Å². The Balaban J connectivity index is 0.00000392. The number of halogens is 4. The minimum absolute atomic E-state index is 0. The van der Waals surface area contributed by atoms with Crippen LogP contribution in [0.15, 0.2) is 42.5 Å². The van der Waals surface area contributed by atoms with Gasteiger partial charge in [-0.15, -0.1) is 12.4 Å². The van der Waals surface area contributed by atoms with E-state index in [0.717, 1.165) is 18.1 Å². The van der Waals surface area contributed by atoms with Crippen LogP contribution in [0.1, 0.15) is 30.5 Å². The maximum Gasteiger partial charge on any atom is 0.416 e. The summed E-state index contributed by atoms with van der Waals surface area (Å²) in [5.74, 6) is 1.36. The fraction of sp³-hybridized carbons (Fsp3) is 0.429. The molecule has 0 heterocycles. The third-order valence-electron chi connectivity index (χ3n) is 4.58. The molecule has 2 aromatic rings. The molecule has 156 valence electrons. The molecule has 0 amide bonds. The first kappa shape index (κ1) is 24.1. The summed E-state index contributed by atoms with van der Waals surface area (Å²) in [5.41, 5.74) is 0.727. The van der Waals surface area contributed by atoms with E-state index in [9.17, 15) is 13.2 Å². The molecule has 2 aromatic carbocycles. The van der Waals surface area contributed by atoms with Gasteiger partial charge >= 0.3 is 6.18 Å². The van der Waals surface area contributed by atoms with Crippen molar-refractivity contribution in [2.75, 3.05) is 27.3 Å². The minimum atomic E-state index is -4.33. The number of benzene rings is 2.